The van der Waals surface area contributed by atoms with Crippen LogP contribution >= 0.6 is 0 Å². The Morgan fingerprint density at radius 1 is 1.10 bits per heavy atom. The zero-order chi connectivity index (χ0) is 20.9. The molecule has 2 aliphatic rings. The Morgan fingerprint density at radius 2 is 1.87 bits per heavy atom. The first-order valence-corrected chi connectivity index (χ1v) is 10.1. The van der Waals surface area contributed by atoms with Crippen LogP contribution in [0.4, 0.5) is 14.5 Å². The van der Waals surface area contributed by atoms with Crippen molar-refractivity contribution in [3.8, 4) is 11.5 Å². The maximum absolute atomic E-state index is 12.5. The number of rotatable bonds is 7. The number of para-hydroxylation sites is 2. The molecular formula is C22H25F2N3O3. The van der Waals surface area contributed by atoms with Gasteiger partial charge in [0.15, 0.2) is 0 Å². The minimum atomic E-state index is -2.94. The minimum Gasteiger partial charge on any atom is -0.493 e. The maximum atomic E-state index is 12.5. The largest absolute Gasteiger partial charge is 0.493 e. The summed E-state index contributed by atoms with van der Waals surface area (Å²) >= 11 is 0. The average Bonchev–Trinajstić information content (AvgIpc) is 3.18. The van der Waals surface area contributed by atoms with Crippen LogP contribution < -0.4 is 14.8 Å². The molecule has 160 valence electrons. The molecule has 0 aliphatic carbocycles. The molecular weight excluding hydrogens is 392 g/mol. The van der Waals surface area contributed by atoms with Gasteiger partial charge in [0.25, 0.3) is 0 Å². The highest BCUT2D eigenvalue weighted by Gasteiger charge is 2.21. The lowest BCUT2D eigenvalue weighted by molar-refractivity contribution is -0.117. The molecule has 2 aliphatic heterocycles. The number of carbonyl (C=O) groups is 1. The number of benzene rings is 2. The van der Waals surface area contributed by atoms with Crippen LogP contribution in [0.2, 0.25) is 0 Å². The molecule has 1 fully saturated rings. The molecule has 0 unspecified atom stereocenters. The van der Waals surface area contributed by atoms with Gasteiger partial charge in [-0.25, -0.2) is 0 Å². The number of ether oxygens (including phenoxy) is 2. The van der Waals surface area contributed by atoms with Gasteiger partial charge in [0.05, 0.1) is 18.8 Å². The van der Waals surface area contributed by atoms with Crippen molar-refractivity contribution in [2.45, 2.75) is 19.6 Å². The van der Waals surface area contributed by atoms with Gasteiger partial charge in [-0.2, -0.15) is 8.78 Å². The Hall–Kier alpha value is -2.71. The average molecular weight is 417 g/mol. The third-order valence-corrected chi connectivity index (χ3v) is 5.37. The van der Waals surface area contributed by atoms with Gasteiger partial charge in [0.2, 0.25) is 5.91 Å². The first kappa shape index (κ1) is 20.6. The summed E-state index contributed by atoms with van der Waals surface area (Å²) in [6, 6.07) is 12.6. The van der Waals surface area contributed by atoms with Crippen LogP contribution in [0.25, 0.3) is 0 Å². The van der Waals surface area contributed by atoms with Crippen molar-refractivity contribution in [1.29, 1.82) is 0 Å². The molecule has 1 N–H and O–H groups in total. The smallest absolute Gasteiger partial charge is 0.387 e. The number of alkyl halides is 2. The van der Waals surface area contributed by atoms with Crippen LogP contribution in [0.1, 0.15) is 11.1 Å². The fourth-order valence-electron chi connectivity index (χ4n) is 3.86. The molecule has 0 atom stereocenters. The Bertz CT molecular complexity index is 886. The van der Waals surface area contributed by atoms with E-state index in [2.05, 4.69) is 32.0 Å². The predicted molar refractivity (Wildman–Crippen MR) is 109 cm³/mol. The molecule has 1 amide bonds. The van der Waals surface area contributed by atoms with Gasteiger partial charge in [-0.1, -0.05) is 24.3 Å². The number of nitrogens with zero attached hydrogens (tertiary/aromatic N) is 2. The van der Waals surface area contributed by atoms with Crippen molar-refractivity contribution in [2.24, 2.45) is 0 Å². The van der Waals surface area contributed by atoms with Crippen LogP contribution in [0.3, 0.4) is 0 Å². The van der Waals surface area contributed by atoms with Crippen LogP contribution in [0.15, 0.2) is 42.5 Å². The van der Waals surface area contributed by atoms with E-state index in [0.29, 0.717) is 0 Å². The highest BCUT2D eigenvalue weighted by molar-refractivity contribution is 5.93. The van der Waals surface area contributed by atoms with E-state index in [1.165, 1.54) is 17.2 Å². The topological polar surface area (TPSA) is 54.0 Å². The second-order valence-corrected chi connectivity index (χ2v) is 7.52. The molecule has 2 heterocycles. The summed E-state index contributed by atoms with van der Waals surface area (Å²) in [6.07, 6.45) is 0.970. The number of anilines is 1. The normalized spacial score (nSPS) is 16.9. The Balaban J connectivity index is 1.24. The fourth-order valence-corrected chi connectivity index (χ4v) is 3.86. The van der Waals surface area contributed by atoms with Gasteiger partial charge in [-0.15, -0.1) is 0 Å². The Kier molecular flexibility index (Phi) is 6.44. The highest BCUT2D eigenvalue weighted by atomic mass is 19.3. The van der Waals surface area contributed by atoms with E-state index in [9.17, 15) is 13.6 Å². The molecule has 6 nitrogen and oxygen atoms in total. The van der Waals surface area contributed by atoms with Gasteiger partial charge in [-0.05, 0) is 29.3 Å². The molecule has 0 spiro atoms. The van der Waals surface area contributed by atoms with Gasteiger partial charge >= 0.3 is 6.61 Å². The molecule has 2 aromatic carbocycles. The van der Waals surface area contributed by atoms with Crippen LogP contribution in [0, 0.1) is 0 Å². The zero-order valence-electron chi connectivity index (χ0n) is 16.7. The molecule has 0 bridgehead atoms. The van der Waals surface area contributed by atoms with Gasteiger partial charge in [-0.3, -0.25) is 14.6 Å². The highest BCUT2D eigenvalue weighted by Crippen LogP contribution is 2.27. The number of hydrogen-bond donors (Lipinski definition) is 1. The van der Waals surface area contributed by atoms with E-state index in [1.807, 2.05) is 6.07 Å². The van der Waals surface area contributed by atoms with Crippen LogP contribution in [-0.4, -0.2) is 61.6 Å². The third kappa shape index (κ3) is 5.25. The van der Waals surface area contributed by atoms with Crippen LogP contribution in [0.5, 0.6) is 11.5 Å². The van der Waals surface area contributed by atoms with E-state index in [-0.39, 0.29) is 23.9 Å². The lowest BCUT2D eigenvalue weighted by Crippen LogP contribution is -2.48. The van der Waals surface area contributed by atoms with Crippen molar-refractivity contribution in [1.82, 2.24) is 9.80 Å². The summed E-state index contributed by atoms with van der Waals surface area (Å²) in [5.74, 6) is 0.716. The maximum Gasteiger partial charge on any atom is 0.387 e. The number of fused-ring (bicyclic) bond motifs is 1. The third-order valence-electron chi connectivity index (χ3n) is 5.37. The summed E-state index contributed by atoms with van der Waals surface area (Å²) < 4.78 is 35.0. The van der Waals surface area contributed by atoms with Crippen molar-refractivity contribution >= 4 is 11.6 Å². The number of hydrogen-bond acceptors (Lipinski definition) is 5. The molecule has 0 aromatic heterocycles. The molecule has 0 radical (unpaired) electrons. The van der Waals surface area contributed by atoms with Gasteiger partial charge in [0.1, 0.15) is 11.5 Å². The molecule has 4 rings (SSSR count). The number of amides is 1. The summed E-state index contributed by atoms with van der Waals surface area (Å²) in [6.45, 7) is 2.21. The van der Waals surface area contributed by atoms with E-state index in [1.54, 1.807) is 18.2 Å². The van der Waals surface area contributed by atoms with Crippen molar-refractivity contribution in [2.75, 3.05) is 44.6 Å². The summed E-state index contributed by atoms with van der Waals surface area (Å²) in [5.41, 5.74) is 2.81. The Labute approximate surface area is 174 Å². The molecule has 8 heteroatoms. The van der Waals surface area contributed by atoms with Crippen molar-refractivity contribution in [3.63, 3.8) is 0 Å². The molecule has 0 saturated carbocycles. The molecule has 1 saturated heterocycles. The zero-order valence-corrected chi connectivity index (χ0v) is 16.7. The van der Waals surface area contributed by atoms with E-state index < -0.39 is 6.61 Å². The van der Waals surface area contributed by atoms with E-state index >= 15 is 0 Å². The molecule has 2 aromatic rings. The number of halogens is 2. The van der Waals surface area contributed by atoms with Gasteiger partial charge in [0, 0.05) is 39.1 Å². The van der Waals surface area contributed by atoms with E-state index in [4.69, 9.17) is 4.74 Å². The second kappa shape index (κ2) is 9.40. The quantitative estimate of drug-likeness (QED) is 0.751. The SMILES string of the molecule is O=C(CN1CCN(Cc2ccc3c(c2)CCO3)CC1)Nc1ccccc1OC(F)F. The van der Waals surface area contributed by atoms with Crippen molar-refractivity contribution < 1.29 is 23.0 Å². The number of piperazine rings is 1. The lowest BCUT2D eigenvalue weighted by atomic mass is 10.1. The minimum absolute atomic E-state index is 0.0367. The van der Waals surface area contributed by atoms with Crippen molar-refractivity contribution in [3.05, 3.63) is 53.6 Å². The molecule has 30 heavy (non-hydrogen) atoms. The van der Waals surface area contributed by atoms with Crippen LogP contribution in [-0.2, 0) is 17.8 Å². The summed E-state index contributed by atoms with van der Waals surface area (Å²) in [7, 11) is 0. The first-order valence-electron chi connectivity index (χ1n) is 10.1. The summed E-state index contributed by atoms with van der Waals surface area (Å²) in [4.78, 5) is 16.8. The van der Waals surface area contributed by atoms with E-state index in [0.717, 1.165) is 51.5 Å². The Morgan fingerprint density at radius 3 is 2.67 bits per heavy atom. The van der Waals surface area contributed by atoms with Gasteiger partial charge < -0.3 is 14.8 Å². The monoisotopic (exact) mass is 417 g/mol. The first-order chi connectivity index (χ1) is 14.6. The fraction of sp³-hybridized carbons (Fsp3) is 0.409. The number of nitrogens with one attached hydrogen (secondary N) is 1. The standard InChI is InChI=1S/C22H25F2N3O3/c23-22(24)30-20-4-2-1-3-18(20)25-21(28)15-27-10-8-26(9-11-27)14-16-5-6-19-17(13-16)7-12-29-19/h1-6,13,22H,7-12,14-15H2,(H,25,28). The predicted octanol–water partition coefficient (Wildman–Crippen LogP) is 2.98. The number of carbonyl (C=O) groups excluding carboxylic acids is 1. The summed E-state index contributed by atoms with van der Waals surface area (Å²) in [5, 5.41) is 2.67. The lowest BCUT2D eigenvalue weighted by Gasteiger charge is -2.34. The second-order valence-electron chi connectivity index (χ2n) is 7.52.